The average Bonchev–Trinajstić information content (AvgIpc) is 2.55. The van der Waals surface area contributed by atoms with Gasteiger partial charge in [0, 0.05) is 25.8 Å². The number of piperidine rings is 1. The third-order valence-electron chi connectivity index (χ3n) is 3.83. The highest BCUT2D eigenvalue weighted by molar-refractivity contribution is 5.94. The van der Waals surface area contributed by atoms with Crippen LogP contribution in [-0.2, 0) is 4.74 Å². The van der Waals surface area contributed by atoms with Crippen molar-refractivity contribution in [2.45, 2.75) is 18.9 Å². The molecule has 1 heterocycles. The van der Waals surface area contributed by atoms with Crippen LogP contribution in [0.5, 0.6) is 5.75 Å². The molecule has 1 fully saturated rings. The largest absolute Gasteiger partial charge is 0.491 e. The first-order valence-corrected chi connectivity index (χ1v) is 7.42. The molecule has 5 nitrogen and oxygen atoms in total. The van der Waals surface area contributed by atoms with Gasteiger partial charge in [0.15, 0.2) is 0 Å². The molecule has 0 saturated carbocycles. The fourth-order valence-corrected chi connectivity index (χ4v) is 2.50. The van der Waals surface area contributed by atoms with Gasteiger partial charge in [-0.25, -0.2) is 0 Å². The van der Waals surface area contributed by atoms with Crippen LogP contribution in [0.3, 0.4) is 0 Å². The Labute approximate surface area is 126 Å². The van der Waals surface area contributed by atoms with Crippen LogP contribution in [0.25, 0.3) is 0 Å². The lowest BCUT2D eigenvalue weighted by Gasteiger charge is -2.31. The predicted molar refractivity (Wildman–Crippen MR) is 81.8 cm³/mol. The van der Waals surface area contributed by atoms with E-state index in [0.717, 1.165) is 31.7 Å². The highest BCUT2D eigenvalue weighted by Gasteiger charge is 2.22. The zero-order chi connectivity index (χ0) is 15.1. The van der Waals surface area contributed by atoms with Crippen molar-refractivity contribution in [1.82, 2.24) is 10.2 Å². The van der Waals surface area contributed by atoms with Crippen LogP contribution in [0.1, 0.15) is 23.2 Å². The molecule has 21 heavy (non-hydrogen) atoms. The normalized spacial score (nSPS) is 15.7. The highest BCUT2D eigenvalue weighted by atomic mass is 16.5. The molecule has 116 valence electrons. The maximum atomic E-state index is 12.5. The second kappa shape index (κ2) is 8.00. The van der Waals surface area contributed by atoms with Crippen molar-refractivity contribution in [3.63, 3.8) is 0 Å². The Balaban J connectivity index is 1.92. The fraction of sp³-hybridized carbons (Fsp3) is 0.562. The Hall–Kier alpha value is -1.59. The van der Waals surface area contributed by atoms with Crippen molar-refractivity contribution in [3.8, 4) is 5.75 Å². The SMILES string of the molecule is COCCOc1ccc(C(=O)N(C)C2CCNCC2)cc1. The molecular formula is C16H24N2O3. The van der Waals surface area contributed by atoms with E-state index in [1.807, 2.05) is 36.2 Å². The average molecular weight is 292 g/mol. The van der Waals surface area contributed by atoms with Crippen molar-refractivity contribution in [2.75, 3.05) is 40.5 Å². The predicted octanol–water partition coefficient (Wildman–Crippen LogP) is 1.54. The first-order chi connectivity index (χ1) is 10.2. The smallest absolute Gasteiger partial charge is 0.253 e. The van der Waals surface area contributed by atoms with Crippen molar-refractivity contribution >= 4 is 5.91 Å². The first kappa shape index (κ1) is 15.8. The van der Waals surface area contributed by atoms with Gasteiger partial charge in [0.1, 0.15) is 12.4 Å². The summed E-state index contributed by atoms with van der Waals surface area (Å²) in [5.74, 6) is 0.832. The summed E-state index contributed by atoms with van der Waals surface area (Å²) in [6.45, 7) is 3.03. The standard InChI is InChI=1S/C16H24N2O3/c1-18(14-7-9-17-10-8-14)16(19)13-3-5-15(6-4-13)21-12-11-20-2/h3-6,14,17H,7-12H2,1-2H3. The molecule has 5 heteroatoms. The van der Waals surface area contributed by atoms with E-state index in [9.17, 15) is 4.79 Å². The first-order valence-electron chi connectivity index (χ1n) is 7.42. The van der Waals surface area contributed by atoms with Crippen LogP contribution in [0.4, 0.5) is 0 Å². The summed E-state index contributed by atoms with van der Waals surface area (Å²) in [6.07, 6.45) is 2.03. The van der Waals surface area contributed by atoms with Gasteiger partial charge in [0.25, 0.3) is 5.91 Å². The fourth-order valence-electron chi connectivity index (χ4n) is 2.50. The van der Waals surface area contributed by atoms with Gasteiger partial charge in [0.2, 0.25) is 0 Å². The molecular weight excluding hydrogens is 268 g/mol. The summed E-state index contributed by atoms with van der Waals surface area (Å²) in [7, 11) is 3.53. The number of methoxy groups -OCH3 is 1. The van der Waals surface area contributed by atoms with E-state index in [0.29, 0.717) is 24.8 Å². The molecule has 1 amide bonds. The van der Waals surface area contributed by atoms with E-state index in [1.165, 1.54) is 0 Å². The Kier molecular flexibility index (Phi) is 6.02. The molecule has 0 atom stereocenters. The van der Waals surface area contributed by atoms with Gasteiger partial charge in [-0.15, -0.1) is 0 Å². The molecule has 0 bridgehead atoms. The van der Waals surface area contributed by atoms with Gasteiger partial charge in [-0.2, -0.15) is 0 Å². The molecule has 1 aromatic carbocycles. The van der Waals surface area contributed by atoms with Crippen LogP contribution < -0.4 is 10.1 Å². The van der Waals surface area contributed by atoms with E-state index in [2.05, 4.69) is 5.32 Å². The van der Waals surface area contributed by atoms with Crippen LogP contribution in [0, 0.1) is 0 Å². The Bertz CT molecular complexity index is 441. The van der Waals surface area contributed by atoms with Gasteiger partial charge >= 0.3 is 0 Å². The molecule has 1 saturated heterocycles. The van der Waals surface area contributed by atoms with E-state index in [-0.39, 0.29) is 5.91 Å². The summed E-state index contributed by atoms with van der Waals surface area (Å²) in [6, 6.07) is 7.64. The number of carbonyl (C=O) groups excluding carboxylic acids is 1. The van der Waals surface area contributed by atoms with Gasteiger partial charge in [0.05, 0.1) is 6.61 Å². The lowest BCUT2D eigenvalue weighted by atomic mass is 10.0. The van der Waals surface area contributed by atoms with Gasteiger partial charge in [-0.1, -0.05) is 0 Å². The molecule has 0 aromatic heterocycles. The summed E-state index contributed by atoms with van der Waals surface area (Å²) in [5.41, 5.74) is 0.704. The lowest BCUT2D eigenvalue weighted by Crippen LogP contribution is -2.43. The van der Waals surface area contributed by atoms with Crippen LogP contribution >= 0.6 is 0 Å². The van der Waals surface area contributed by atoms with Crippen LogP contribution in [-0.4, -0.2) is 57.3 Å². The molecule has 1 aromatic rings. The van der Waals surface area contributed by atoms with Gasteiger partial charge in [-0.05, 0) is 50.2 Å². The monoisotopic (exact) mass is 292 g/mol. The molecule has 0 unspecified atom stereocenters. The van der Waals surface area contributed by atoms with Crippen molar-refractivity contribution in [1.29, 1.82) is 0 Å². The van der Waals surface area contributed by atoms with Crippen molar-refractivity contribution in [2.24, 2.45) is 0 Å². The van der Waals surface area contributed by atoms with Crippen LogP contribution in [0.15, 0.2) is 24.3 Å². The lowest BCUT2D eigenvalue weighted by molar-refractivity contribution is 0.0703. The Morgan fingerprint density at radius 3 is 2.52 bits per heavy atom. The topological polar surface area (TPSA) is 50.8 Å². The number of hydrogen-bond donors (Lipinski definition) is 1. The molecule has 1 N–H and O–H groups in total. The number of rotatable bonds is 6. The number of ether oxygens (including phenoxy) is 2. The molecule has 1 aliphatic rings. The maximum absolute atomic E-state index is 12.5. The second-order valence-electron chi connectivity index (χ2n) is 5.26. The molecule has 1 aliphatic heterocycles. The Morgan fingerprint density at radius 2 is 1.90 bits per heavy atom. The van der Waals surface area contributed by atoms with E-state index < -0.39 is 0 Å². The second-order valence-corrected chi connectivity index (χ2v) is 5.26. The minimum Gasteiger partial charge on any atom is -0.491 e. The summed E-state index contributed by atoms with van der Waals surface area (Å²) in [5, 5.41) is 3.32. The van der Waals surface area contributed by atoms with Gasteiger partial charge < -0.3 is 19.7 Å². The summed E-state index contributed by atoms with van der Waals surface area (Å²) >= 11 is 0. The van der Waals surface area contributed by atoms with Crippen molar-refractivity contribution in [3.05, 3.63) is 29.8 Å². The summed E-state index contributed by atoms with van der Waals surface area (Å²) < 4.78 is 10.4. The number of nitrogens with one attached hydrogen (secondary N) is 1. The number of carbonyl (C=O) groups is 1. The van der Waals surface area contributed by atoms with Gasteiger partial charge in [-0.3, -0.25) is 4.79 Å². The highest BCUT2D eigenvalue weighted by Crippen LogP contribution is 2.17. The minimum atomic E-state index is 0.0744. The number of hydrogen-bond acceptors (Lipinski definition) is 4. The molecule has 0 radical (unpaired) electrons. The number of nitrogens with zero attached hydrogens (tertiary/aromatic N) is 1. The van der Waals surface area contributed by atoms with Crippen molar-refractivity contribution < 1.29 is 14.3 Å². The quantitative estimate of drug-likeness (QED) is 0.808. The van der Waals surface area contributed by atoms with E-state index in [4.69, 9.17) is 9.47 Å². The minimum absolute atomic E-state index is 0.0744. The number of benzene rings is 1. The third kappa shape index (κ3) is 4.44. The summed E-state index contributed by atoms with van der Waals surface area (Å²) in [4.78, 5) is 14.3. The number of amides is 1. The van der Waals surface area contributed by atoms with Crippen LogP contribution in [0.2, 0.25) is 0 Å². The van der Waals surface area contributed by atoms with E-state index in [1.54, 1.807) is 7.11 Å². The molecule has 2 rings (SSSR count). The third-order valence-corrected chi connectivity index (χ3v) is 3.83. The molecule has 0 spiro atoms. The Morgan fingerprint density at radius 1 is 1.24 bits per heavy atom. The maximum Gasteiger partial charge on any atom is 0.253 e. The zero-order valence-electron chi connectivity index (χ0n) is 12.8. The van der Waals surface area contributed by atoms with E-state index >= 15 is 0 Å². The molecule has 0 aliphatic carbocycles. The zero-order valence-corrected chi connectivity index (χ0v) is 12.8.